The Balaban J connectivity index is 2.86. The van der Waals surface area contributed by atoms with Gasteiger partial charge in [-0.2, -0.15) is 0 Å². The highest BCUT2D eigenvalue weighted by molar-refractivity contribution is 6.32. The molecule has 1 rings (SSSR count). The van der Waals surface area contributed by atoms with Crippen LogP contribution in [0.3, 0.4) is 0 Å². The Hall–Kier alpha value is -1.95. The molecule has 19 heavy (non-hydrogen) atoms. The smallest absolute Gasteiger partial charge is 0.243 e. The van der Waals surface area contributed by atoms with E-state index < -0.39 is 0 Å². The zero-order valence-corrected chi connectivity index (χ0v) is 11.6. The first-order chi connectivity index (χ1) is 8.97. The van der Waals surface area contributed by atoms with Gasteiger partial charge in [-0.1, -0.05) is 11.6 Å². The molecule has 0 saturated carbocycles. The fraction of sp³-hybridized carbons (Fsp3) is 0.333. The number of hydrogen-bond donors (Lipinski definition) is 2. The minimum absolute atomic E-state index is 0.122. The van der Waals surface area contributed by atoms with Crippen molar-refractivity contribution in [2.24, 2.45) is 0 Å². The number of nitrogens with one attached hydrogen (secondary N) is 2. The van der Waals surface area contributed by atoms with Gasteiger partial charge in [-0.15, -0.1) is 0 Å². The van der Waals surface area contributed by atoms with E-state index in [1.165, 1.54) is 27.2 Å². The average Bonchev–Trinajstić information content (AvgIpc) is 2.37. The Labute approximate surface area is 116 Å². The second-order valence-electron chi connectivity index (χ2n) is 3.64. The first-order valence-corrected chi connectivity index (χ1v) is 5.81. The molecule has 0 aromatic heterocycles. The summed E-state index contributed by atoms with van der Waals surface area (Å²) in [6.45, 7) is 1.21. The third kappa shape index (κ3) is 4.33. The monoisotopic (exact) mass is 286 g/mol. The highest BCUT2D eigenvalue weighted by Gasteiger charge is 2.12. The van der Waals surface area contributed by atoms with Crippen molar-refractivity contribution in [2.75, 3.05) is 26.1 Å². The van der Waals surface area contributed by atoms with E-state index in [-0.39, 0.29) is 18.4 Å². The standard InChI is InChI=1S/C12H15ClN2O4/c1-7(16)14-6-12(17)15-9-5-10(18-2)8(13)4-11(9)19-3/h4-5H,6H2,1-3H3,(H,14,16)(H,15,17). The van der Waals surface area contributed by atoms with Gasteiger partial charge in [0.05, 0.1) is 31.5 Å². The van der Waals surface area contributed by atoms with E-state index in [1.54, 1.807) is 6.07 Å². The second kappa shape index (κ2) is 6.84. The molecule has 6 nitrogen and oxygen atoms in total. The summed E-state index contributed by atoms with van der Waals surface area (Å²) in [5.41, 5.74) is 0.416. The highest BCUT2D eigenvalue weighted by atomic mass is 35.5. The molecule has 7 heteroatoms. The van der Waals surface area contributed by atoms with Crippen LogP contribution in [0.5, 0.6) is 11.5 Å². The van der Waals surface area contributed by atoms with Crippen LogP contribution in [0.15, 0.2) is 12.1 Å². The van der Waals surface area contributed by atoms with Crippen molar-refractivity contribution in [3.63, 3.8) is 0 Å². The summed E-state index contributed by atoms with van der Waals surface area (Å²) in [6, 6.07) is 3.08. The van der Waals surface area contributed by atoms with Crippen molar-refractivity contribution in [3.05, 3.63) is 17.2 Å². The van der Waals surface area contributed by atoms with Crippen LogP contribution in [-0.2, 0) is 9.59 Å². The SMILES string of the molecule is COc1cc(NC(=O)CNC(C)=O)c(OC)cc1Cl. The fourth-order valence-corrected chi connectivity index (χ4v) is 1.59. The summed E-state index contributed by atoms with van der Waals surface area (Å²) in [4.78, 5) is 22.3. The minimum atomic E-state index is -0.377. The molecule has 0 saturated heterocycles. The molecule has 1 aromatic rings. The van der Waals surface area contributed by atoms with E-state index in [0.29, 0.717) is 22.2 Å². The minimum Gasteiger partial charge on any atom is -0.495 e. The maximum absolute atomic E-state index is 11.6. The maximum atomic E-state index is 11.6. The summed E-state index contributed by atoms with van der Waals surface area (Å²) in [5.74, 6) is 0.160. The van der Waals surface area contributed by atoms with Crippen molar-refractivity contribution < 1.29 is 19.1 Å². The molecular formula is C12H15ClN2O4. The molecule has 0 aliphatic heterocycles. The van der Waals surface area contributed by atoms with Crippen LogP contribution < -0.4 is 20.1 Å². The van der Waals surface area contributed by atoms with Gasteiger partial charge in [0.1, 0.15) is 11.5 Å². The Kier molecular flexibility index (Phi) is 5.44. The predicted molar refractivity (Wildman–Crippen MR) is 71.9 cm³/mol. The molecule has 0 heterocycles. The number of methoxy groups -OCH3 is 2. The molecule has 0 aliphatic carbocycles. The number of carbonyl (C=O) groups is 2. The third-order valence-electron chi connectivity index (χ3n) is 2.25. The summed E-state index contributed by atoms with van der Waals surface area (Å²) < 4.78 is 10.2. The van der Waals surface area contributed by atoms with Crippen LogP contribution in [-0.4, -0.2) is 32.6 Å². The normalized spacial score (nSPS) is 9.68. The van der Waals surface area contributed by atoms with Crippen molar-refractivity contribution in [1.82, 2.24) is 5.32 Å². The highest BCUT2D eigenvalue weighted by Crippen LogP contribution is 2.35. The van der Waals surface area contributed by atoms with E-state index in [4.69, 9.17) is 21.1 Å². The molecule has 2 amide bonds. The summed E-state index contributed by atoms with van der Waals surface area (Å²) in [6.07, 6.45) is 0. The molecule has 0 spiro atoms. The predicted octanol–water partition coefficient (Wildman–Crippen LogP) is 1.43. The quantitative estimate of drug-likeness (QED) is 0.858. The van der Waals surface area contributed by atoms with Gasteiger partial charge in [0.2, 0.25) is 11.8 Å². The van der Waals surface area contributed by atoms with Crippen LogP contribution in [0.25, 0.3) is 0 Å². The summed E-state index contributed by atoms with van der Waals surface area (Å²) >= 11 is 5.94. The van der Waals surface area contributed by atoms with Gasteiger partial charge in [-0.3, -0.25) is 9.59 Å². The van der Waals surface area contributed by atoms with Crippen molar-refractivity contribution in [1.29, 1.82) is 0 Å². The Morgan fingerprint density at radius 1 is 1.21 bits per heavy atom. The van der Waals surface area contributed by atoms with E-state index >= 15 is 0 Å². The molecule has 2 N–H and O–H groups in total. The van der Waals surface area contributed by atoms with Gasteiger partial charge in [0, 0.05) is 19.1 Å². The molecule has 0 unspecified atom stereocenters. The van der Waals surface area contributed by atoms with E-state index in [1.807, 2.05) is 0 Å². The zero-order valence-electron chi connectivity index (χ0n) is 10.9. The van der Waals surface area contributed by atoms with Crippen LogP contribution >= 0.6 is 11.6 Å². The van der Waals surface area contributed by atoms with Crippen LogP contribution in [0.1, 0.15) is 6.92 Å². The maximum Gasteiger partial charge on any atom is 0.243 e. The third-order valence-corrected chi connectivity index (χ3v) is 2.54. The largest absolute Gasteiger partial charge is 0.495 e. The van der Waals surface area contributed by atoms with Crippen LogP contribution in [0, 0.1) is 0 Å². The van der Waals surface area contributed by atoms with Gasteiger partial charge >= 0.3 is 0 Å². The molecule has 0 aliphatic rings. The lowest BCUT2D eigenvalue weighted by molar-refractivity contribution is -0.122. The Bertz CT molecular complexity index is 491. The number of amides is 2. The number of halogens is 1. The van der Waals surface area contributed by atoms with Gasteiger partial charge in [-0.05, 0) is 0 Å². The van der Waals surface area contributed by atoms with Crippen molar-refractivity contribution in [2.45, 2.75) is 6.92 Å². The second-order valence-corrected chi connectivity index (χ2v) is 4.05. The van der Waals surface area contributed by atoms with Gasteiger partial charge in [0.25, 0.3) is 0 Å². The number of benzene rings is 1. The van der Waals surface area contributed by atoms with E-state index in [0.717, 1.165) is 0 Å². The lowest BCUT2D eigenvalue weighted by Crippen LogP contribution is -2.31. The number of rotatable bonds is 5. The molecule has 0 atom stereocenters. The summed E-state index contributed by atoms with van der Waals surface area (Å²) in [7, 11) is 2.93. The number of anilines is 1. The number of carbonyl (C=O) groups excluding carboxylic acids is 2. The molecular weight excluding hydrogens is 272 g/mol. The first-order valence-electron chi connectivity index (χ1n) is 5.43. The molecule has 104 valence electrons. The lowest BCUT2D eigenvalue weighted by atomic mass is 10.2. The van der Waals surface area contributed by atoms with Gasteiger partial charge < -0.3 is 20.1 Å². The van der Waals surface area contributed by atoms with Crippen LogP contribution in [0.4, 0.5) is 5.69 Å². The Morgan fingerprint density at radius 3 is 2.37 bits per heavy atom. The first kappa shape index (κ1) is 15.1. The van der Waals surface area contributed by atoms with Crippen molar-refractivity contribution in [3.8, 4) is 11.5 Å². The van der Waals surface area contributed by atoms with Crippen LogP contribution in [0.2, 0.25) is 5.02 Å². The van der Waals surface area contributed by atoms with E-state index in [9.17, 15) is 9.59 Å². The van der Waals surface area contributed by atoms with E-state index in [2.05, 4.69) is 10.6 Å². The topological polar surface area (TPSA) is 76.7 Å². The molecule has 0 bridgehead atoms. The molecule has 0 fully saturated rings. The van der Waals surface area contributed by atoms with Gasteiger partial charge in [0.15, 0.2) is 0 Å². The zero-order chi connectivity index (χ0) is 14.4. The fourth-order valence-electron chi connectivity index (χ4n) is 1.36. The number of ether oxygens (including phenoxy) is 2. The Morgan fingerprint density at radius 2 is 1.84 bits per heavy atom. The summed E-state index contributed by atoms with van der Waals surface area (Å²) in [5, 5.41) is 5.37. The molecule has 1 aromatic carbocycles. The molecule has 0 radical (unpaired) electrons. The van der Waals surface area contributed by atoms with Gasteiger partial charge in [-0.25, -0.2) is 0 Å². The lowest BCUT2D eigenvalue weighted by Gasteiger charge is -2.13. The van der Waals surface area contributed by atoms with Crippen molar-refractivity contribution >= 4 is 29.1 Å². The average molecular weight is 287 g/mol. The number of hydrogen-bond acceptors (Lipinski definition) is 4.